The number of halogens is 1. The van der Waals surface area contributed by atoms with Crippen LogP contribution in [0.3, 0.4) is 0 Å². The summed E-state index contributed by atoms with van der Waals surface area (Å²) >= 11 is 2.29. The van der Waals surface area contributed by atoms with E-state index in [1.165, 1.54) is 5.52 Å². The molecule has 0 aromatic carbocycles. The van der Waals surface area contributed by atoms with Crippen LogP contribution in [-0.4, -0.2) is 14.5 Å². The van der Waals surface area contributed by atoms with E-state index >= 15 is 0 Å². The molecular formula is C9H10IN3. The molecule has 0 aliphatic carbocycles. The van der Waals surface area contributed by atoms with Crippen LogP contribution >= 0.6 is 22.6 Å². The average Bonchev–Trinajstić information content (AvgIpc) is 2.44. The predicted molar refractivity (Wildman–Crippen MR) is 60.6 cm³/mol. The van der Waals surface area contributed by atoms with E-state index in [-0.39, 0.29) is 0 Å². The van der Waals surface area contributed by atoms with Gasteiger partial charge in [0.1, 0.15) is 11.3 Å². The van der Waals surface area contributed by atoms with Gasteiger partial charge in [0, 0.05) is 19.7 Å². The third-order valence-electron chi connectivity index (χ3n) is 2.14. The van der Waals surface area contributed by atoms with Crippen molar-refractivity contribution < 1.29 is 0 Å². The molecule has 2 rings (SSSR count). The van der Waals surface area contributed by atoms with Gasteiger partial charge in [0.05, 0.1) is 15.3 Å². The fourth-order valence-corrected chi connectivity index (χ4v) is 2.29. The van der Waals surface area contributed by atoms with Crippen LogP contribution in [0.1, 0.15) is 12.7 Å². The fraction of sp³-hybridized carbons (Fsp3) is 0.333. The van der Waals surface area contributed by atoms with E-state index in [0.717, 1.165) is 21.3 Å². The lowest BCUT2D eigenvalue weighted by atomic mass is 10.4. The Hall–Kier alpha value is -0.650. The zero-order valence-corrected chi connectivity index (χ0v) is 9.74. The SMILES string of the molecule is CCc1nc2cncc(I)c2n1C. The maximum atomic E-state index is 4.49. The van der Waals surface area contributed by atoms with Crippen LogP contribution in [0, 0.1) is 3.57 Å². The molecule has 0 fully saturated rings. The third-order valence-corrected chi connectivity index (χ3v) is 2.93. The average molecular weight is 287 g/mol. The summed E-state index contributed by atoms with van der Waals surface area (Å²) in [6.45, 7) is 2.11. The molecule has 4 heteroatoms. The first kappa shape index (κ1) is 8.93. The van der Waals surface area contributed by atoms with E-state index in [4.69, 9.17) is 0 Å². The molecule has 0 aliphatic rings. The molecule has 2 heterocycles. The Morgan fingerprint density at radius 1 is 1.46 bits per heavy atom. The molecule has 68 valence electrons. The maximum Gasteiger partial charge on any atom is 0.109 e. The van der Waals surface area contributed by atoms with Gasteiger partial charge in [-0.2, -0.15) is 0 Å². The van der Waals surface area contributed by atoms with Crippen LogP contribution in [0.4, 0.5) is 0 Å². The molecule has 0 saturated heterocycles. The Balaban J connectivity index is 2.85. The molecule has 3 nitrogen and oxygen atoms in total. The van der Waals surface area contributed by atoms with Crippen LogP contribution in [0.2, 0.25) is 0 Å². The first-order valence-corrected chi connectivity index (χ1v) is 5.26. The number of hydrogen-bond acceptors (Lipinski definition) is 2. The van der Waals surface area contributed by atoms with Gasteiger partial charge in [-0.05, 0) is 22.6 Å². The molecule has 0 N–H and O–H groups in total. The van der Waals surface area contributed by atoms with E-state index in [0.29, 0.717) is 0 Å². The molecule has 0 radical (unpaired) electrons. The minimum Gasteiger partial charge on any atom is -0.330 e. The van der Waals surface area contributed by atoms with Gasteiger partial charge in [-0.1, -0.05) is 6.92 Å². The normalized spacial score (nSPS) is 11.0. The summed E-state index contributed by atoms with van der Waals surface area (Å²) in [5.74, 6) is 1.11. The molecule has 0 unspecified atom stereocenters. The van der Waals surface area contributed by atoms with Crippen molar-refractivity contribution in [2.75, 3.05) is 0 Å². The first-order valence-electron chi connectivity index (χ1n) is 4.19. The topological polar surface area (TPSA) is 30.7 Å². The summed E-state index contributed by atoms with van der Waals surface area (Å²) < 4.78 is 3.29. The van der Waals surface area contributed by atoms with Crippen molar-refractivity contribution in [2.45, 2.75) is 13.3 Å². The highest BCUT2D eigenvalue weighted by molar-refractivity contribution is 14.1. The van der Waals surface area contributed by atoms with Gasteiger partial charge < -0.3 is 4.57 Å². The van der Waals surface area contributed by atoms with Crippen molar-refractivity contribution in [2.24, 2.45) is 7.05 Å². The summed E-state index contributed by atoms with van der Waals surface area (Å²) in [5, 5.41) is 0. The van der Waals surface area contributed by atoms with E-state index in [9.17, 15) is 0 Å². The number of fused-ring (bicyclic) bond motifs is 1. The van der Waals surface area contributed by atoms with E-state index in [2.05, 4.69) is 51.1 Å². The lowest BCUT2D eigenvalue weighted by molar-refractivity contribution is 0.828. The largest absolute Gasteiger partial charge is 0.330 e. The van der Waals surface area contributed by atoms with Crippen LogP contribution in [0.15, 0.2) is 12.4 Å². The van der Waals surface area contributed by atoms with Gasteiger partial charge in [0.2, 0.25) is 0 Å². The van der Waals surface area contributed by atoms with Crippen molar-refractivity contribution in [1.29, 1.82) is 0 Å². The lowest BCUT2D eigenvalue weighted by Gasteiger charge is -1.99. The molecule has 0 bridgehead atoms. The number of hydrogen-bond donors (Lipinski definition) is 0. The number of pyridine rings is 1. The van der Waals surface area contributed by atoms with Gasteiger partial charge in [-0.25, -0.2) is 4.98 Å². The number of aromatic nitrogens is 3. The molecular weight excluding hydrogens is 277 g/mol. The molecule has 13 heavy (non-hydrogen) atoms. The number of nitrogens with zero attached hydrogens (tertiary/aromatic N) is 3. The minimum atomic E-state index is 0.960. The molecule has 2 aromatic rings. The van der Waals surface area contributed by atoms with Crippen molar-refractivity contribution in [3.05, 3.63) is 21.8 Å². The number of rotatable bonds is 1. The molecule has 0 saturated carbocycles. The lowest BCUT2D eigenvalue weighted by Crippen LogP contribution is -1.96. The minimum absolute atomic E-state index is 0.960. The molecule has 0 spiro atoms. The van der Waals surface area contributed by atoms with E-state index < -0.39 is 0 Å². The monoisotopic (exact) mass is 287 g/mol. The Morgan fingerprint density at radius 3 is 2.85 bits per heavy atom. The molecule has 2 aromatic heterocycles. The standard InChI is InChI=1S/C9H10IN3/c1-3-8-12-7-5-11-4-6(10)9(7)13(8)2/h4-5H,3H2,1-2H3. The second kappa shape index (κ2) is 3.25. The highest BCUT2D eigenvalue weighted by Gasteiger charge is 2.08. The molecule has 0 aliphatic heterocycles. The zero-order chi connectivity index (χ0) is 9.42. The summed E-state index contributed by atoms with van der Waals surface area (Å²) in [7, 11) is 2.05. The fourth-order valence-electron chi connectivity index (χ4n) is 1.49. The Morgan fingerprint density at radius 2 is 2.23 bits per heavy atom. The van der Waals surface area contributed by atoms with E-state index in [1.54, 1.807) is 0 Å². The van der Waals surface area contributed by atoms with Gasteiger partial charge in [-0.3, -0.25) is 4.98 Å². The summed E-state index contributed by atoms with van der Waals surface area (Å²) in [5.41, 5.74) is 2.18. The quantitative estimate of drug-likeness (QED) is 0.752. The second-order valence-electron chi connectivity index (χ2n) is 2.93. The summed E-state index contributed by atoms with van der Waals surface area (Å²) in [4.78, 5) is 8.61. The van der Waals surface area contributed by atoms with Crippen molar-refractivity contribution >= 4 is 33.6 Å². The van der Waals surface area contributed by atoms with Crippen molar-refractivity contribution in [3.8, 4) is 0 Å². The zero-order valence-electron chi connectivity index (χ0n) is 7.58. The van der Waals surface area contributed by atoms with Crippen molar-refractivity contribution in [1.82, 2.24) is 14.5 Å². The van der Waals surface area contributed by atoms with Crippen LogP contribution in [0.5, 0.6) is 0 Å². The summed E-state index contributed by atoms with van der Waals surface area (Å²) in [6.07, 6.45) is 4.64. The summed E-state index contributed by atoms with van der Waals surface area (Å²) in [6, 6.07) is 0. The first-order chi connectivity index (χ1) is 6.24. The maximum absolute atomic E-state index is 4.49. The Kier molecular flexibility index (Phi) is 2.23. The van der Waals surface area contributed by atoms with Crippen molar-refractivity contribution in [3.63, 3.8) is 0 Å². The van der Waals surface area contributed by atoms with Crippen LogP contribution in [0.25, 0.3) is 11.0 Å². The molecule has 0 amide bonds. The predicted octanol–water partition coefficient (Wildman–Crippen LogP) is 2.14. The van der Waals surface area contributed by atoms with Crippen LogP contribution in [-0.2, 0) is 13.5 Å². The number of imidazole rings is 1. The van der Waals surface area contributed by atoms with Gasteiger partial charge >= 0.3 is 0 Å². The van der Waals surface area contributed by atoms with Gasteiger partial charge in [0.25, 0.3) is 0 Å². The van der Waals surface area contributed by atoms with Gasteiger partial charge in [0.15, 0.2) is 0 Å². The highest BCUT2D eigenvalue weighted by atomic mass is 127. The smallest absolute Gasteiger partial charge is 0.109 e. The third kappa shape index (κ3) is 1.33. The highest BCUT2D eigenvalue weighted by Crippen LogP contribution is 2.19. The van der Waals surface area contributed by atoms with Gasteiger partial charge in [-0.15, -0.1) is 0 Å². The van der Waals surface area contributed by atoms with Crippen LogP contribution < -0.4 is 0 Å². The Bertz CT molecular complexity index is 447. The Labute approximate surface area is 90.3 Å². The number of aryl methyl sites for hydroxylation is 2. The second-order valence-corrected chi connectivity index (χ2v) is 4.09. The van der Waals surface area contributed by atoms with E-state index in [1.807, 2.05) is 12.4 Å². The molecule has 0 atom stereocenters.